The number of hydrogen-bond donors (Lipinski definition) is 2. The summed E-state index contributed by atoms with van der Waals surface area (Å²) in [4.78, 5) is 0.122. The van der Waals surface area contributed by atoms with Gasteiger partial charge in [-0.2, -0.15) is 0 Å². The van der Waals surface area contributed by atoms with Crippen molar-refractivity contribution < 1.29 is 8.42 Å². The predicted octanol–water partition coefficient (Wildman–Crippen LogP) is 1.05. The van der Waals surface area contributed by atoms with E-state index in [1.54, 1.807) is 37.6 Å². The third kappa shape index (κ3) is 2.91. The molecule has 0 aliphatic rings. The Morgan fingerprint density at radius 3 is 2.57 bits per heavy atom. The summed E-state index contributed by atoms with van der Waals surface area (Å²) in [6.07, 6.45) is 1.52. The maximum atomic E-state index is 12.6. The first-order valence-electron chi connectivity index (χ1n) is 6.46. The van der Waals surface area contributed by atoms with Gasteiger partial charge in [0.2, 0.25) is 10.0 Å². The molecule has 2 rings (SSSR count). The molecule has 1 heterocycles. The summed E-state index contributed by atoms with van der Waals surface area (Å²) in [5, 5.41) is 7.66. The van der Waals surface area contributed by atoms with E-state index in [0.29, 0.717) is 11.4 Å². The molecule has 0 saturated heterocycles. The molecule has 1 aromatic heterocycles. The van der Waals surface area contributed by atoms with Gasteiger partial charge < -0.3 is 10.3 Å². The molecule has 0 spiro atoms. The molecule has 1 unspecified atom stereocenters. The predicted molar refractivity (Wildman–Crippen MR) is 80.1 cm³/mol. The topological polar surface area (TPSA) is 103 Å². The second-order valence-electron chi connectivity index (χ2n) is 5.07. The Morgan fingerprint density at radius 2 is 2.00 bits per heavy atom. The normalized spacial score (nSPS) is 13.3. The van der Waals surface area contributed by atoms with E-state index in [9.17, 15) is 8.42 Å². The van der Waals surface area contributed by atoms with Crippen LogP contribution in [0.15, 0.2) is 23.4 Å². The fourth-order valence-electron chi connectivity index (χ4n) is 2.20. The van der Waals surface area contributed by atoms with Gasteiger partial charge in [0.1, 0.15) is 17.0 Å². The molecule has 0 fully saturated rings. The van der Waals surface area contributed by atoms with Gasteiger partial charge in [0, 0.05) is 7.05 Å². The van der Waals surface area contributed by atoms with Crippen molar-refractivity contribution in [3.05, 3.63) is 35.4 Å². The highest BCUT2D eigenvalue weighted by Crippen LogP contribution is 2.26. The number of nitrogens with zero attached hydrogens (tertiary/aromatic N) is 3. The van der Waals surface area contributed by atoms with Crippen LogP contribution in [0.5, 0.6) is 0 Å². The minimum Gasteiger partial charge on any atom is -0.398 e. The molecule has 7 nitrogen and oxygen atoms in total. The van der Waals surface area contributed by atoms with Gasteiger partial charge in [-0.05, 0) is 38.0 Å². The molecule has 3 N–H and O–H groups in total. The molecule has 0 aliphatic carbocycles. The van der Waals surface area contributed by atoms with E-state index in [0.717, 1.165) is 5.56 Å². The average molecular weight is 309 g/mol. The molecule has 1 atom stereocenters. The summed E-state index contributed by atoms with van der Waals surface area (Å²) < 4.78 is 29.4. The Balaban J connectivity index is 2.40. The van der Waals surface area contributed by atoms with Crippen molar-refractivity contribution in [2.24, 2.45) is 7.05 Å². The van der Waals surface area contributed by atoms with Gasteiger partial charge in [0.25, 0.3) is 0 Å². The van der Waals surface area contributed by atoms with Crippen molar-refractivity contribution in [1.29, 1.82) is 0 Å². The second-order valence-corrected chi connectivity index (χ2v) is 6.72. The molecule has 0 radical (unpaired) electrons. The van der Waals surface area contributed by atoms with Crippen LogP contribution in [0, 0.1) is 13.8 Å². The second kappa shape index (κ2) is 5.45. The zero-order valence-electron chi connectivity index (χ0n) is 12.5. The SMILES string of the molecule is Cc1ccc(N)c(S(=O)(=O)NC(C)c2nncn2C)c1C. The van der Waals surface area contributed by atoms with E-state index in [4.69, 9.17) is 5.73 Å². The Kier molecular flexibility index (Phi) is 4.02. The third-order valence-electron chi connectivity index (χ3n) is 3.44. The average Bonchev–Trinajstić information content (AvgIpc) is 2.80. The van der Waals surface area contributed by atoms with E-state index in [1.165, 1.54) is 6.33 Å². The van der Waals surface area contributed by atoms with Crippen molar-refractivity contribution in [3.8, 4) is 0 Å². The number of hydrogen-bond acceptors (Lipinski definition) is 5. The molecule has 0 amide bonds. The van der Waals surface area contributed by atoms with Gasteiger partial charge in [-0.25, -0.2) is 13.1 Å². The number of rotatable bonds is 4. The highest BCUT2D eigenvalue weighted by molar-refractivity contribution is 7.89. The highest BCUT2D eigenvalue weighted by Gasteiger charge is 2.25. The van der Waals surface area contributed by atoms with Crippen molar-refractivity contribution in [2.45, 2.75) is 31.7 Å². The van der Waals surface area contributed by atoms with E-state index in [1.807, 2.05) is 6.92 Å². The number of benzene rings is 1. The molecule has 8 heteroatoms. The van der Waals surface area contributed by atoms with Crippen LogP contribution in [0.4, 0.5) is 5.69 Å². The number of anilines is 1. The number of nitrogen functional groups attached to an aromatic ring is 1. The summed E-state index contributed by atoms with van der Waals surface area (Å²) in [7, 11) is -1.99. The van der Waals surface area contributed by atoms with Crippen LogP contribution >= 0.6 is 0 Å². The number of nitrogens with two attached hydrogens (primary N) is 1. The molecule has 1 aromatic carbocycles. The summed E-state index contributed by atoms with van der Waals surface area (Å²) in [5.74, 6) is 0.530. The summed E-state index contributed by atoms with van der Waals surface area (Å²) >= 11 is 0. The Hall–Kier alpha value is -1.93. The molecular weight excluding hydrogens is 290 g/mol. The lowest BCUT2D eigenvalue weighted by atomic mass is 10.1. The monoisotopic (exact) mass is 309 g/mol. The number of sulfonamides is 1. The van der Waals surface area contributed by atoms with Crippen molar-refractivity contribution in [3.63, 3.8) is 0 Å². The molecule has 0 aliphatic heterocycles. The lowest BCUT2D eigenvalue weighted by Crippen LogP contribution is -2.29. The molecule has 114 valence electrons. The Labute approximate surface area is 124 Å². The first-order chi connectivity index (χ1) is 9.74. The largest absolute Gasteiger partial charge is 0.398 e. The lowest BCUT2D eigenvalue weighted by Gasteiger charge is -2.17. The first-order valence-corrected chi connectivity index (χ1v) is 7.94. The quantitative estimate of drug-likeness (QED) is 0.822. The Morgan fingerprint density at radius 1 is 1.33 bits per heavy atom. The number of aromatic nitrogens is 3. The van der Waals surface area contributed by atoms with Gasteiger partial charge in [-0.3, -0.25) is 0 Å². The summed E-state index contributed by atoms with van der Waals surface area (Å²) in [5.41, 5.74) is 7.60. The minimum absolute atomic E-state index is 0.122. The van der Waals surface area contributed by atoms with Gasteiger partial charge in [-0.1, -0.05) is 6.07 Å². The fourth-order valence-corrected chi connectivity index (χ4v) is 3.83. The van der Waals surface area contributed by atoms with Crippen LogP contribution in [0.3, 0.4) is 0 Å². The lowest BCUT2D eigenvalue weighted by molar-refractivity contribution is 0.553. The Bertz CT molecular complexity index is 767. The van der Waals surface area contributed by atoms with E-state index < -0.39 is 16.1 Å². The van der Waals surface area contributed by atoms with Gasteiger partial charge in [0.05, 0.1) is 11.7 Å². The number of nitrogens with one attached hydrogen (secondary N) is 1. The van der Waals surface area contributed by atoms with Gasteiger partial charge >= 0.3 is 0 Å². The fraction of sp³-hybridized carbons (Fsp3) is 0.385. The van der Waals surface area contributed by atoms with Crippen LogP contribution in [-0.4, -0.2) is 23.2 Å². The molecule has 0 saturated carbocycles. The van der Waals surface area contributed by atoms with Gasteiger partial charge in [0.15, 0.2) is 0 Å². The van der Waals surface area contributed by atoms with Crippen molar-refractivity contribution >= 4 is 15.7 Å². The zero-order chi connectivity index (χ0) is 15.8. The molecule has 2 aromatic rings. The number of aryl methyl sites for hydroxylation is 2. The minimum atomic E-state index is -3.74. The highest BCUT2D eigenvalue weighted by atomic mass is 32.2. The van der Waals surface area contributed by atoms with E-state index in [-0.39, 0.29) is 10.6 Å². The molecule has 0 bridgehead atoms. The van der Waals surface area contributed by atoms with Crippen molar-refractivity contribution in [2.75, 3.05) is 5.73 Å². The van der Waals surface area contributed by atoms with E-state index in [2.05, 4.69) is 14.9 Å². The zero-order valence-corrected chi connectivity index (χ0v) is 13.3. The molecule has 21 heavy (non-hydrogen) atoms. The maximum Gasteiger partial charge on any atom is 0.243 e. The van der Waals surface area contributed by atoms with Crippen LogP contribution in [0.1, 0.15) is 29.9 Å². The van der Waals surface area contributed by atoms with Crippen LogP contribution in [0.25, 0.3) is 0 Å². The van der Waals surface area contributed by atoms with Crippen molar-refractivity contribution in [1.82, 2.24) is 19.5 Å². The third-order valence-corrected chi connectivity index (χ3v) is 5.18. The maximum absolute atomic E-state index is 12.6. The summed E-state index contributed by atoms with van der Waals surface area (Å²) in [6.45, 7) is 5.30. The van der Waals surface area contributed by atoms with Crippen LogP contribution in [-0.2, 0) is 17.1 Å². The van der Waals surface area contributed by atoms with Crippen LogP contribution < -0.4 is 10.5 Å². The van der Waals surface area contributed by atoms with Gasteiger partial charge in [-0.15, -0.1) is 10.2 Å². The summed E-state index contributed by atoms with van der Waals surface area (Å²) in [6, 6.07) is 2.89. The molecular formula is C13H19N5O2S. The van der Waals surface area contributed by atoms with E-state index >= 15 is 0 Å². The first kappa shape index (κ1) is 15.5. The van der Waals surface area contributed by atoms with Crippen LogP contribution in [0.2, 0.25) is 0 Å². The standard InChI is InChI=1S/C13H19N5O2S/c1-8-5-6-11(14)12(9(8)2)21(19,20)17-10(3)13-16-15-7-18(13)4/h5-7,10,17H,14H2,1-4H3. The smallest absolute Gasteiger partial charge is 0.243 e.